The van der Waals surface area contributed by atoms with Crippen molar-refractivity contribution >= 4 is 16.9 Å². The fourth-order valence-corrected chi connectivity index (χ4v) is 3.81. The van der Waals surface area contributed by atoms with Gasteiger partial charge in [-0.2, -0.15) is 0 Å². The van der Waals surface area contributed by atoms with Crippen LogP contribution in [-0.4, -0.2) is 50.8 Å². The van der Waals surface area contributed by atoms with Crippen molar-refractivity contribution in [2.45, 2.75) is 31.9 Å². The molecule has 4 aromatic rings. The van der Waals surface area contributed by atoms with Crippen molar-refractivity contribution in [1.82, 2.24) is 20.3 Å². The van der Waals surface area contributed by atoms with Crippen molar-refractivity contribution in [3.63, 3.8) is 0 Å². The number of aliphatic hydroxyl groups excluding tert-OH is 1. The molecule has 10 heteroatoms. The van der Waals surface area contributed by atoms with Crippen LogP contribution in [-0.2, 0) is 6.42 Å². The summed E-state index contributed by atoms with van der Waals surface area (Å²) in [4.78, 5) is 32.5. The van der Waals surface area contributed by atoms with Crippen molar-refractivity contribution in [3.8, 4) is 17.4 Å². The molecule has 2 heterocycles. The minimum Gasteiger partial charge on any atom is -0.489 e. The quantitative estimate of drug-likeness (QED) is 0.216. The minimum absolute atomic E-state index is 0.0717. The maximum absolute atomic E-state index is 11.6. The van der Waals surface area contributed by atoms with Crippen LogP contribution < -0.4 is 26.2 Å². The number of amides is 1. The first-order valence-corrected chi connectivity index (χ1v) is 11.5. The van der Waals surface area contributed by atoms with E-state index in [1.165, 1.54) is 6.20 Å². The van der Waals surface area contributed by atoms with Crippen LogP contribution in [0.3, 0.4) is 0 Å². The van der Waals surface area contributed by atoms with E-state index in [-0.39, 0.29) is 29.3 Å². The number of pyridine rings is 1. The van der Waals surface area contributed by atoms with E-state index in [0.29, 0.717) is 35.5 Å². The van der Waals surface area contributed by atoms with Crippen LogP contribution in [0.5, 0.6) is 17.4 Å². The number of imidazole rings is 1. The molecule has 0 spiro atoms. The maximum atomic E-state index is 11.6. The summed E-state index contributed by atoms with van der Waals surface area (Å²) in [7, 11) is 0. The summed E-state index contributed by atoms with van der Waals surface area (Å²) in [5, 5.41) is 13.8. The number of para-hydroxylation sites is 1. The first kappa shape index (κ1) is 25.0. The number of hydrogen-bond donors (Lipinski definition) is 5. The van der Waals surface area contributed by atoms with Gasteiger partial charge in [0.05, 0.1) is 5.52 Å². The molecule has 6 N–H and O–H groups in total. The smallest absolute Gasteiger partial charge is 0.323 e. The molecule has 188 valence electrons. The molecule has 1 unspecified atom stereocenters. The Hall–Kier alpha value is -4.15. The van der Waals surface area contributed by atoms with Gasteiger partial charge >= 0.3 is 5.69 Å². The highest BCUT2D eigenvalue weighted by Crippen LogP contribution is 2.24. The van der Waals surface area contributed by atoms with Gasteiger partial charge in [-0.05, 0) is 62.2 Å². The number of benzene rings is 2. The molecule has 0 saturated carbocycles. The lowest BCUT2D eigenvalue weighted by atomic mass is 9.94. The molecule has 2 aromatic heterocycles. The van der Waals surface area contributed by atoms with Crippen LogP contribution in [0.4, 0.5) is 0 Å². The Bertz CT molecular complexity index is 1390. The second-order valence-corrected chi connectivity index (χ2v) is 9.13. The number of fused-ring (bicyclic) bond motifs is 1. The van der Waals surface area contributed by atoms with E-state index >= 15 is 0 Å². The number of aromatic amines is 2. The Morgan fingerprint density at radius 2 is 1.92 bits per heavy atom. The predicted octanol–water partition coefficient (Wildman–Crippen LogP) is 2.49. The third-order valence-electron chi connectivity index (χ3n) is 5.58. The van der Waals surface area contributed by atoms with E-state index in [0.717, 1.165) is 5.56 Å². The van der Waals surface area contributed by atoms with Gasteiger partial charge in [0, 0.05) is 18.3 Å². The highest BCUT2D eigenvalue weighted by atomic mass is 16.5. The van der Waals surface area contributed by atoms with Gasteiger partial charge in [-0.3, -0.25) is 4.79 Å². The average Bonchev–Trinajstić information content (AvgIpc) is 3.23. The Balaban J connectivity index is 1.28. The lowest BCUT2D eigenvalue weighted by molar-refractivity contribution is 0.0994. The lowest BCUT2D eigenvalue weighted by Gasteiger charge is -2.28. The molecule has 10 nitrogen and oxygen atoms in total. The highest BCUT2D eigenvalue weighted by Gasteiger charge is 2.20. The van der Waals surface area contributed by atoms with Crippen molar-refractivity contribution in [2.75, 3.05) is 13.2 Å². The molecule has 0 fully saturated rings. The van der Waals surface area contributed by atoms with Crippen molar-refractivity contribution in [3.05, 3.63) is 82.4 Å². The van der Waals surface area contributed by atoms with Crippen LogP contribution in [0.1, 0.15) is 29.8 Å². The number of ether oxygens (including phenoxy) is 2. The molecular weight excluding hydrogens is 462 g/mol. The summed E-state index contributed by atoms with van der Waals surface area (Å²) in [6, 6.07) is 16.0. The van der Waals surface area contributed by atoms with Crippen LogP contribution in [0.15, 0.2) is 65.6 Å². The molecule has 2 aromatic carbocycles. The number of carbonyl (C=O) groups is 1. The number of nitrogens with two attached hydrogens (primary N) is 1. The third kappa shape index (κ3) is 6.29. The number of aliphatic hydroxyl groups is 1. The molecule has 36 heavy (non-hydrogen) atoms. The van der Waals surface area contributed by atoms with E-state index in [2.05, 4.69) is 20.3 Å². The van der Waals surface area contributed by atoms with Gasteiger partial charge in [-0.15, -0.1) is 0 Å². The summed E-state index contributed by atoms with van der Waals surface area (Å²) in [5.41, 5.74) is 7.26. The van der Waals surface area contributed by atoms with Gasteiger partial charge in [0.2, 0.25) is 5.88 Å². The average molecular weight is 492 g/mol. The standard InChI is InChI=1S/C26H29N5O5/c1-26(2,29-14-17(32)15-35-21-7-3-6-20-22(21)31-25(34)30-20)13-16-8-10-18(11-9-16)36-24-19(23(27)33)5-4-12-28-24/h3-12,17,29,32H,13-15H2,1-2H3,(H2,27,33)(H2,30,31,34). The van der Waals surface area contributed by atoms with E-state index in [4.69, 9.17) is 15.2 Å². The van der Waals surface area contributed by atoms with E-state index in [9.17, 15) is 14.7 Å². The normalized spacial score (nSPS) is 12.4. The number of aromatic nitrogens is 3. The third-order valence-corrected chi connectivity index (χ3v) is 5.58. The number of nitrogens with one attached hydrogen (secondary N) is 3. The number of carbonyl (C=O) groups excluding carboxylic acids is 1. The molecule has 0 radical (unpaired) electrons. The molecule has 1 atom stereocenters. The van der Waals surface area contributed by atoms with Gasteiger partial charge in [0.15, 0.2) is 0 Å². The van der Waals surface area contributed by atoms with Crippen LogP contribution >= 0.6 is 0 Å². The summed E-state index contributed by atoms with van der Waals surface area (Å²) in [5.74, 6) is 0.596. The Morgan fingerprint density at radius 3 is 2.67 bits per heavy atom. The first-order valence-electron chi connectivity index (χ1n) is 11.5. The molecule has 0 saturated heterocycles. The van der Waals surface area contributed by atoms with Crippen molar-refractivity contribution in [1.29, 1.82) is 0 Å². The van der Waals surface area contributed by atoms with Gasteiger partial charge < -0.3 is 35.6 Å². The maximum Gasteiger partial charge on any atom is 0.323 e. The van der Waals surface area contributed by atoms with Crippen LogP contribution in [0.25, 0.3) is 11.0 Å². The van der Waals surface area contributed by atoms with Crippen LogP contribution in [0, 0.1) is 0 Å². The van der Waals surface area contributed by atoms with Gasteiger partial charge in [0.1, 0.15) is 35.3 Å². The number of nitrogens with zero attached hydrogens (tertiary/aromatic N) is 1. The van der Waals surface area contributed by atoms with Gasteiger partial charge in [-0.25, -0.2) is 9.78 Å². The molecular formula is C26H29N5O5. The largest absolute Gasteiger partial charge is 0.489 e. The fraction of sp³-hybridized carbons (Fsp3) is 0.269. The number of hydrogen-bond acceptors (Lipinski definition) is 7. The number of β-amino-alcohol motifs (C(OH)–C–C–N with tert-alkyl or cyclic N) is 1. The van der Waals surface area contributed by atoms with Gasteiger partial charge in [-0.1, -0.05) is 18.2 Å². The zero-order valence-corrected chi connectivity index (χ0v) is 20.1. The Kier molecular flexibility index (Phi) is 7.37. The minimum atomic E-state index is -0.751. The van der Waals surface area contributed by atoms with E-state index < -0.39 is 12.0 Å². The Morgan fingerprint density at radius 1 is 1.14 bits per heavy atom. The molecule has 0 bridgehead atoms. The Labute approximate surface area is 207 Å². The summed E-state index contributed by atoms with van der Waals surface area (Å²) in [6.45, 7) is 4.48. The predicted molar refractivity (Wildman–Crippen MR) is 135 cm³/mol. The molecule has 0 aliphatic heterocycles. The first-order chi connectivity index (χ1) is 17.2. The van der Waals surface area contributed by atoms with E-state index in [1.807, 2.05) is 26.0 Å². The molecule has 4 rings (SSSR count). The molecule has 1 amide bonds. The number of rotatable bonds is 11. The molecule has 0 aliphatic rings. The summed E-state index contributed by atoms with van der Waals surface area (Å²) >= 11 is 0. The fourth-order valence-electron chi connectivity index (χ4n) is 3.81. The van der Waals surface area contributed by atoms with Crippen molar-refractivity contribution < 1.29 is 19.4 Å². The summed E-state index contributed by atoms with van der Waals surface area (Å²) in [6.07, 6.45) is 1.48. The van der Waals surface area contributed by atoms with Crippen molar-refractivity contribution in [2.24, 2.45) is 5.73 Å². The van der Waals surface area contributed by atoms with Crippen LogP contribution in [0.2, 0.25) is 0 Å². The summed E-state index contributed by atoms with van der Waals surface area (Å²) < 4.78 is 11.5. The zero-order valence-electron chi connectivity index (χ0n) is 20.1. The van der Waals surface area contributed by atoms with Gasteiger partial charge in [0.25, 0.3) is 5.91 Å². The monoisotopic (exact) mass is 491 g/mol. The second-order valence-electron chi connectivity index (χ2n) is 9.13. The number of H-pyrrole nitrogens is 2. The lowest BCUT2D eigenvalue weighted by Crippen LogP contribution is -2.46. The molecule has 0 aliphatic carbocycles. The highest BCUT2D eigenvalue weighted by molar-refractivity contribution is 5.95. The topological polar surface area (TPSA) is 155 Å². The van der Waals surface area contributed by atoms with E-state index in [1.54, 1.807) is 42.5 Å². The SMILES string of the molecule is CC(C)(Cc1ccc(Oc2ncccc2C(N)=O)cc1)NCC(O)COc1cccc2[nH]c(=O)[nH]c12. The second kappa shape index (κ2) is 10.6. The number of primary amides is 1. The zero-order chi connectivity index (χ0) is 25.7.